The summed E-state index contributed by atoms with van der Waals surface area (Å²) in [6.07, 6.45) is 8.17. The Hall–Kier alpha value is -0.980. The molecule has 0 amide bonds. The van der Waals surface area contributed by atoms with E-state index < -0.39 is 0 Å². The van der Waals surface area contributed by atoms with Crippen molar-refractivity contribution in [2.45, 2.75) is 58.3 Å². The number of phenolic OH excluding ortho intramolecular Hbond substituents is 1. The van der Waals surface area contributed by atoms with E-state index in [1.54, 1.807) is 5.56 Å². The zero-order valence-electron chi connectivity index (χ0n) is 12.7. The molecule has 0 bridgehead atoms. The van der Waals surface area contributed by atoms with Crippen LogP contribution < -0.4 is 0 Å². The summed E-state index contributed by atoms with van der Waals surface area (Å²) in [5, 5.41) is 9.71. The summed E-state index contributed by atoms with van der Waals surface area (Å²) >= 11 is 0. The first-order valence-corrected chi connectivity index (χ1v) is 8.41. The fourth-order valence-electron chi connectivity index (χ4n) is 5.83. The van der Waals surface area contributed by atoms with Gasteiger partial charge in [-0.25, -0.2) is 0 Å². The highest BCUT2D eigenvalue weighted by Gasteiger charge is 2.53. The second-order valence-corrected chi connectivity index (χ2v) is 7.82. The minimum absolute atomic E-state index is 0.442. The standard InChI is InChI=1S/C19H26O/c1-12-3-8-18-17-6-4-13-11-14(20)5-7-15(13)16(17)9-10-19(12,18)2/h5,7,11-12,16-18,20H,3-4,6,8-10H2,1-2H3/t12-,16?,17+,18?,19+/m0/s1. The van der Waals surface area contributed by atoms with E-state index in [-0.39, 0.29) is 0 Å². The van der Waals surface area contributed by atoms with Crippen molar-refractivity contribution in [3.05, 3.63) is 29.3 Å². The molecule has 0 heterocycles. The van der Waals surface area contributed by atoms with Gasteiger partial charge < -0.3 is 5.11 Å². The minimum Gasteiger partial charge on any atom is -0.508 e. The quantitative estimate of drug-likeness (QED) is 0.712. The van der Waals surface area contributed by atoms with Crippen LogP contribution in [-0.2, 0) is 6.42 Å². The van der Waals surface area contributed by atoms with Gasteiger partial charge in [0.2, 0.25) is 0 Å². The van der Waals surface area contributed by atoms with E-state index in [0.717, 1.165) is 23.7 Å². The molecule has 108 valence electrons. The fraction of sp³-hybridized carbons (Fsp3) is 0.684. The lowest BCUT2D eigenvalue weighted by Crippen LogP contribution is -2.41. The molecule has 3 aliphatic carbocycles. The Morgan fingerprint density at radius 1 is 1.15 bits per heavy atom. The summed E-state index contributed by atoms with van der Waals surface area (Å²) in [4.78, 5) is 0. The van der Waals surface area contributed by atoms with Crippen LogP contribution >= 0.6 is 0 Å². The predicted octanol–water partition coefficient (Wildman–Crippen LogP) is 4.88. The van der Waals surface area contributed by atoms with Crippen molar-refractivity contribution in [1.29, 1.82) is 0 Å². The molecular weight excluding hydrogens is 244 g/mol. The van der Waals surface area contributed by atoms with Gasteiger partial charge in [-0.3, -0.25) is 0 Å². The molecule has 0 spiro atoms. The Morgan fingerprint density at radius 3 is 2.85 bits per heavy atom. The minimum atomic E-state index is 0.442. The molecule has 1 nitrogen and oxygen atoms in total. The molecular formula is C19H26O. The summed E-state index contributed by atoms with van der Waals surface area (Å²) < 4.78 is 0. The van der Waals surface area contributed by atoms with E-state index in [4.69, 9.17) is 0 Å². The molecule has 0 aromatic heterocycles. The largest absolute Gasteiger partial charge is 0.508 e. The average molecular weight is 270 g/mol. The smallest absolute Gasteiger partial charge is 0.115 e. The molecule has 0 saturated heterocycles. The second kappa shape index (κ2) is 4.26. The van der Waals surface area contributed by atoms with Crippen molar-refractivity contribution in [2.75, 3.05) is 0 Å². The Bertz CT molecular complexity index is 535. The SMILES string of the molecule is C[C@H]1CCC2[C@@H]3CCc4cc(O)ccc4C3CC[C@@]21C. The number of hydrogen-bond acceptors (Lipinski definition) is 1. The zero-order chi connectivity index (χ0) is 13.9. The first-order valence-electron chi connectivity index (χ1n) is 8.41. The molecule has 1 aromatic carbocycles. The van der Waals surface area contributed by atoms with Crippen LogP contribution in [0.25, 0.3) is 0 Å². The van der Waals surface area contributed by atoms with Gasteiger partial charge in [-0.15, -0.1) is 0 Å². The van der Waals surface area contributed by atoms with Crippen LogP contribution in [0.15, 0.2) is 18.2 Å². The summed E-state index contributed by atoms with van der Waals surface area (Å²) in [6.45, 7) is 5.05. The van der Waals surface area contributed by atoms with E-state index in [1.165, 1.54) is 44.1 Å². The van der Waals surface area contributed by atoms with Crippen LogP contribution in [0.3, 0.4) is 0 Å². The van der Waals surface area contributed by atoms with E-state index in [0.29, 0.717) is 11.2 Å². The lowest BCUT2D eigenvalue weighted by Gasteiger charge is -2.50. The highest BCUT2D eigenvalue weighted by atomic mass is 16.3. The predicted molar refractivity (Wildman–Crippen MR) is 81.9 cm³/mol. The van der Waals surface area contributed by atoms with E-state index in [1.807, 2.05) is 12.1 Å². The first kappa shape index (κ1) is 12.7. The molecule has 2 fully saturated rings. The molecule has 2 unspecified atom stereocenters. The van der Waals surface area contributed by atoms with Crippen molar-refractivity contribution < 1.29 is 5.11 Å². The number of benzene rings is 1. The Labute approximate surface area is 122 Å². The van der Waals surface area contributed by atoms with Gasteiger partial charge in [0.1, 0.15) is 5.75 Å². The van der Waals surface area contributed by atoms with Crippen molar-refractivity contribution in [1.82, 2.24) is 0 Å². The zero-order valence-corrected chi connectivity index (χ0v) is 12.7. The number of aryl methyl sites for hydroxylation is 1. The van der Waals surface area contributed by atoms with Crippen LogP contribution in [0.4, 0.5) is 0 Å². The van der Waals surface area contributed by atoms with Gasteiger partial charge >= 0.3 is 0 Å². The maximum atomic E-state index is 9.71. The van der Waals surface area contributed by atoms with Gasteiger partial charge in [0.05, 0.1) is 0 Å². The van der Waals surface area contributed by atoms with E-state index >= 15 is 0 Å². The van der Waals surface area contributed by atoms with Gasteiger partial charge in [0, 0.05) is 0 Å². The van der Waals surface area contributed by atoms with E-state index in [9.17, 15) is 5.11 Å². The van der Waals surface area contributed by atoms with Gasteiger partial charge in [-0.05, 0) is 90.9 Å². The summed E-state index contributed by atoms with van der Waals surface area (Å²) in [5.41, 5.74) is 3.58. The fourth-order valence-corrected chi connectivity index (χ4v) is 5.83. The van der Waals surface area contributed by atoms with Crippen LogP contribution in [0.5, 0.6) is 5.75 Å². The number of hydrogen-bond donors (Lipinski definition) is 1. The highest BCUT2D eigenvalue weighted by molar-refractivity contribution is 5.40. The number of aromatic hydroxyl groups is 1. The third kappa shape index (κ3) is 1.61. The van der Waals surface area contributed by atoms with Gasteiger partial charge in [-0.1, -0.05) is 19.9 Å². The van der Waals surface area contributed by atoms with Crippen LogP contribution in [0, 0.1) is 23.2 Å². The van der Waals surface area contributed by atoms with Gasteiger partial charge in [-0.2, -0.15) is 0 Å². The van der Waals surface area contributed by atoms with Crippen LogP contribution in [0.1, 0.15) is 63.0 Å². The third-order valence-corrected chi connectivity index (χ3v) is 7.18. The normalized spacial score (nSPS) is 42.7. The van der Waals surface area contributed by atoms with E-state index in [2.05, 4.69) is 19.9 Å². The lowest BCUT2D eigenvalue weighted by atomic mass is 9.54. The summed E-state index contributed by atoms with van der Waals surface area (Å²) in [6, 6.07) is 6.12. The Kier molecular flexibility index (Phi) is 2.71. The van der Waals surface area contributed by atoms with Crippen molar-refractivity contribution >= 4 is 0 Å². The topological polar surface area (TPSA) is 20.2 Å². The van der Waals surface area contributed by atoms with Gasteiger partial charge in [0.15, 0.2) is 0 Å². The molecule has 3 aliphatic rings. The molecule has 1 aromatic rings. The Morgan fingerprint density at radius 2 is 2.00 bits per heavy atom. The summed E-state index contributed by atoms with van der Waals surface area (Å²) in [5.74, 6) is 3.96. The number of phenols is 1. The van der Waals surface area contributed by atoms with Crippen LogP contribution in [-0.4, -0.2) is 5.11 Å². The molecule has 0 aliphatic heterocycles. The second-order valence-electron chi connectivity index (χ2n) is 7.82. The van der Waals surface area contributed by atoms with Crippen molar-refractivity contribution in [2.24, 2.45) is 23.2 Å². The van der Waals surface area contributed by atoms with Crippen molar-refractivity contribution in [3.63, 3.8) is 0 Å². The molecule has 0 radical (unpaired) electrons. The molecule has 4 rings (SSSR count). The molecule has 20 heavy (non-hydrogen) atoms. The third-order valence-electron chi connectivity index (χ3n) is 7.18. The monoisotopic (exact) mass is 270 g/mol. The van der Waals surface area contributed by atoms with Gasteiger partial charge in [0.25, 0.3) is 0 Å². The molecule has 1 heteroatoms. The highest BCUT2D eigenvalue weighted by Crippen LogP contribution is 2.62. The van der Waals surface area contributed by atoms with Crippen LogP contribution in [0.2, 0.25) is 0 Å². The molecule has 2 saturated carbocycles. The van der Waals surface area contributed by atoms with Crippen molar-refractivity contribution in [3.8, 4) is 5.75 Å². The maximum absolute atomic E-state index is 9.71. The Balaban J connectivity index is 1.71. The molecule has 5 atom stereocenters. The number of fused-ring (bicyclic) bond motifs is 5. The number of rotatable bonds is 0. The summed E-state index contributed by atoms with van der Waals surface area (Å²) in [7, 11) is 0. The average Bonchev–Trinajstić information content (AvgIpc) is 2.74. The maximum Gasteiger partial charge on any atom is 0.115 e. The lowest BCUT2D eigenvalue weighted by molar-refractivity contribution is 0.0336. The first-order chi connectivity index (χ1) is 9.59. The molecule has 1 N–H and O–H groups in total.